The van der Waals surface area contributed by atoms with Crippen molar-refractivity contribution in [2.24, 2.45) is 5.73 Å². The van der Waals surface area contributed by atoms with Gasteiger partial charge in [0.1, 0.15) is 28.5 Å². The zero-order valence-electron chi connectivity index (χ0n) is 25.2. The number of phosphoric acid groups is 1. The summed E-state index contributed by atoms with van der Waals surface area (Å²) in [6, 6.07) is 7.07. The Kier molecular flexibility index (Phi) is 10.1. The van der Waals surface area contributed by atoms with Crippen molar-refractivity contribution in [1.29, 1.82) is 0 Å². The number of phenolic OH excluding ortho intramolecular Hbond substituents is 1. The van der Waals surface area contributed by atoms with Crippen LogP contribution >= 0.6 is 19.6 Å². The van der Waals surface area contributed by atoms with Gasteiger partial charge in [0, 0.05) is 40.8 Å². The quantitative estimate of drug-likeness (QED) is 0.0406. The van der Waals surface area contributed by atoms with E-state index in [-0.39, 0.29) is 29.6 Å². The van der Waals surface area contributed by atoms with E-state index in [1.54, 1.807) is 0 Å². The summed E-state index contributed by atoms with van der Waals surface area (Å²) in [5.74, 6) is -15.8. The third kappa shape index (κ3) is 7.65. The number of carbonyl (C=O) groups excluding carboxylic acids is 2. The van der Waals surface area contributed by atoms with Gasteiger partial charge < -0.3 is 29.8 Å². The number of primary amides is 1. The molecule has 2 aliphatic rings. The van der Waals surface area contributed by atoms with Crippen LogP contribution in [0.4, 0.5) is 22.0 Å². The number of carbonyl (C=O) groups is 3. The molecule has 0 saturated carbocycles. The average Bonchev–Trinajstić information content (AvgIpc) is 3.03. The molecule has 6 N–H and O–H groups in total. The Labute approximate surface area is 285 Å². The second-order valence-corrected chi connectivity index (χ2v) is 12.8. The maximum absolute atomic E-state index is 16.5. The number of benzene rings is 4. The molecule has 0 aromatic heterocycles. The standard InChI is InChI=1S/C31H20F5N2O11PS/c32-16-5-14-20(7-18(16)39)48-21-8-19(40)17(33)6-15(21)24(14)25-26(31(43)44)27(34)29(36)30(28(25)35)51-11-23(42)38(10-22(37)41)9-12-1-3-13(4-2-12)49-50(45,46)47/h1-8,39H,9-11H2,(H2,37,41)(H,43,44)(H2,45,46,47). The molecule has 0 saturated heterocycles. The van der Waals surface area contributed by atoms with Gasteiger partial charge in [-0.3, -0.25) is 24.2 Å². The summed E-state index contributed by atoms with van der Waals surface area (Å²) < 4.78 is 97.6. The summed E-state index contributed by atoms with van der Waals surface area (Å²) in [7, 11) is -4.89. The minimum absolute atomic E-state index is 0.0275. The van der Waals surface area contributed by atoms with Crippen molar-refractivity contribution in [2.75, 3.05) is 12.3 Å². The second kappa shape index (κ2) is 14.0. The van der Waals surface area contributed by atoms with Crippen LogP contribution in [0.25, 0.3) is 33.4 Å². The van der Waals surface area contributed by atoms with Gasteiger partial charge in [-0.05, 0) is 29.8 Å². The first-order valence-corrected chi connectivity index (χ1v) is 16.4. The summed E-state index contributed by atoms with van der Waals surface area (Å²) >= 11 is 0.0275. The number of aromatic carboxylic acids is 1. The van der Waals surface area contributed by atoms with Gasteiger partial charge >= 0.3 is 13.8 Å². The van der Waals surface area contributed by atoms with E-state index in [1.165, 1.54) is 12.1 Å². The lowest BCUT2D eigenvalue weighted by molar-refractivity contribution is -0.133. The first-order valence-electron chi connectivity index (χ1n) is 13.9. The number of nitrogens with two attached hydrogens (primary N) is 1. The minimum atomic E-state index is -4.89. The number of halogens is 5. The molecule has 5 rings (SSSR count). The smallest absolute Gasteiger partial charge is 0.505 e. The first kappa shape index (κ1) is 36.8. The van der Waals surface area contributed by atoms with Crippen LogP contribution in [0.2, 0.25) is 0 Å². The highest BCUT2D eigenvalue weighted by Gasteiger charge is 2.34. The van der Waals surface area contributed by atoms with E-state index in [0.29, 0.717) is 24.3 Å². The number of rotatable bonds is 11. The predicted molar refractivity (Wildman–Crippen MR) is 167 cm³/mol. The summed E-state index contributed by atoms with van der Waals surface area (Å²) in [5, 5.41) is 19.2. The van der Waals surface area contributed by atoms with Crippen LogP contribution in [0.15, 0.2) is 62.6 Å². The molecule has 266 valence electrons. The zero-order chi connectivity index (χ0) is 37.5. The van der Waals surface area contributed by atoms with Crippen molar-refractivity contribution < 1.29 is 69.8 Å². The number of aromatic hydroxyl groups is 1. The van der Waals surface area contributed by atoms with E-state index in [4.69, 9.17) is 19.9 Å². The lowest BCUT2D eigenvalue weighted by atomic mass is 9.89. The fraction of sp³-hybridized carbons (Fsp3) is 0.0968. The van der Waals surface area contributed by atoms with Crippen LogP contribution in [0.3, 0.4) is 0 Å². The lowest BCUT2D eigenvalue weighted by Gasteiger charge is -2.22. The molecule has 1 aliphatic carbocycles. The topological polar surface area (TPSA) is 218 Å². The van der Waals surface area contributed by atoms with Gasteiger partial charge in [-0.25, -0.2) is 31.3 Å². The molecule has 3 aromatic carbocycles. The number of carboxylic acids is 1. The van der Waals surface area contributed by atoms with Crippen molar-refractivity contribution in [1.82, 2.24) is 4.90 Å². The van der Waals surface area contributed by atoms with Crippen LogP contribution in [-0.2, 0) is 20.7 Å². The fourth-order valence-electron chi connectivity index (χ4n) is 5.03. The maximum atomic E-state index is 16.5. The normalized spacial score (nSPS) is 11.6. The van der Waals surface area contributed by atoms with Crippen LogP contribution < -0.4 is 15.7 Å². The van der Waals surface area contributed by atoms with Crippen LogP contribution in [0.1, 0.15) is 15.9 Å². The highest BCUT2D eigenvalue weighted by Crippen LogP contribution is 2.47. The molecule has 13 nitrogen and oxygen atoms in total. The van der Waals surface area contributed by atoms with Gasteiger partial charge in [0.25, 0.3) is 0 Å². The molecule has 20 heteroatoms. The molecular formula is C31H20F5N2O11PS. The van der Waals surface area contributed by atoms with Gasteiger partial charge in [-0.15, -0.1) is 11.8 Å². The number of phenols is 1. The van der Waals surface area contributed by atoms with E-state index < -0.39 is 122 Å². The number of amides is 2. The van der Waals surface area contributed by atoms with E-state index in [1.807, 2.05) is 0 Å². The third-order valence-electron chi connectivity index (χ3n) is 7.15. The second-order valence-electron chi connectivity index (χ2n) is 10.6. The Morgan fingerprint density at radius 2 is 1.59 bits per heavy atom. The number of hydrogen-bond donors (Lipinski definition) is 5. The molecule has 1 aliphatic heterocycles. The average molecular weight is 755 g/mol. The van der Waals surface area contributed by atoms with E-state index >= 15 is 13.2 Å². The molecule has 0 fully saturated rings. The Bertz CT molecular complexity index is 2330. The van der Waals surface area contributed by atoms with Gasteiger partial charge in [-0.2, -0.15) is 0 Å². The Hall–Kier alpha value is -5.49. The molecule has 0 spiro atoms. The van der Waals surface area contributed by atoms with E-state index in [9.17, 15) is 42.7 Å². The van der Waals surface area contributed by atoms with Gasteiger partial charge in [-0.1, -0.05) is 12.1 Å². The van der Waals surface area contributed by atoms with Crippen molar-refractivity contribution in [3.05, 3.63) is 99.0 Å². The Balaban J connectivity index is 1.61. The van der Waals surface area contributed by atoms with Crippen LogP contribution in [-0.4, -0.2) is 55.0 Å². The van der Waals surface area contributed by atoms with Crippen molar-refractivity contribution in [3.63, 3.8) is 0 Å². The lowest BCUT2D eigenvalue weighted by Crippen LogP contribution is -2.39. The van der Waals surface area contributed by atoms with E-state index in [0.717, 1.165) is 17.0 Å². The highest BCUT2D eigenvalue weighted by molar-refractivity contribution is 8.00. The third-order valence-corrected chi connectivity index (χ3v) is 8.63. The molecule has 3 aromatic rings. The first-order chi connectivity index (χ1) is 23.9. The molecule has 0 radical (unpaired) electrons. The molecule has 1 heterocycles. The van der Waals surface area contributed by atoms with Gasteiger partial charge in [0.15, 0.2) is 29.0 Å². The van der Waals surface area contributed by atoms with Crippen LogP contribution in [0, 0.1) is 29.1 Å². The molecular weight excluding hydrogens is 734 g/mol. The summed E-state index contributed by atoms with van der Waals surface area (Å²) in [6.07, 6.45) is 0. The van der Waals surface area contributed by atoms with E-state index in [2.05, 4.69) is 4.52 Å². The molecule has 2 amide bonds. The highest BCUT2D eigenvalue weighted by atomic mass is 32.2. The summed E-state index contributed by atoms with van der Waals surface area (Å²) in [5.41, 5.74) is -0.460. The SMILES string of the molecule is NC(=O)CN(Cc1ccc(OP(=O)(O)O)cc1)C(=O)CSc1c(F)c(F)c(C(=O)O)c(-c2c3cc(F)c(=O)cc-3oc3cc(O)c(F)cc23)c1F. The van der Waals surface area contributed by atoms with Crippen molar-refractivity contribution >= 4 is 48.3 Å². The number of nitrogens with zero attached hydrogens (tertiary/aromatic N) is 1. The van der Waals surface area contributed by atoms with Gasteiger partial charge in [0.2, 0.25) is 17.2 Å². The van der Waals surface area contributed by atoms with Crippen LogP contribution in [0.5, 0.6) is 11.5 Å². The minimum Gasteiger partial charge on any atom is -0.505 e. The molecule has 51 heavy (non-hydrogen) atoms. The number of hydrogen-bond acceptors (Lipinski definition) is 9. The zero-order valence-corrected chi connectivity index (χ0v) is 26.9. The number of carboxylic acid groups (broad SMARTS) is 1. The maximum Gasteiger partial charge on any atom is 0.524 e. The molecule has 0 unspecified atom stereocenters. The number of phosphoric ester groups is 1. The summed E-state index contributed by atoms with van der Waals surface area (Å²) in [4.78, 5) is 66.8. The van der Waals surface area contributed by atoms with Crippen molar-refractivity contribution in [3.8, 4) is 33.9 Å². The fourth-order valence-corrected chi connectivity index (χ4v) is 6.32. The predicted octanol–water partition coefficient (Wildman–Crippen LogP) is 4.74. The number of thioether (sulfide) groups is 1. The van der Waals surface area contributed by atoms with Crippen molar-refractivity contribution in [2.45, 2.75) is 11.4 Å². The molecule has 0 atom stereocenters. The monoisotopic (exact) mass is 754 g/mol. The molecule has 0 bridgehead atoms. The summed E-state index contributed by atoms with van der Waals surface area (Å²) in [6.45, 7) is -1.11. The van der Waals surface area contributed by atoms with Gasteiger partial charge in [0.05, 0.1) is 17.2 Å². The Morgan fingerprint density at radius 3 is 2.20 bits per heavy atom. The Morgan fingerprint density at radius 1 is 0.922 bits per heavy atom. The largest absolute Gasteiger partial charge is 0.524 e. The number of fused-ring (bicyclic) bond motifs is 2.